The van der Waals surface area contributed by atoms with Crippen molar-refractivity contribution < 1.29 is 4.79 Å². The van der Waals surface area contributed by atoms with Crippen LogP contribution in [0.15, 0.2) is 18.2 Å². The number of carbonyl (C=O) groups excluding carboxylic acids is 1. The first kappa shape index (κ1) is 13.8. The van der Waals surface area contributed by atoms with Crippen molar-refractivity contribution in [2.75, 3.05) is 12.3 Å². The molecular weight excluding hydrogens is 236 g/mol. The second-order valence-corrected chi connectivity index (χ2v) is 5.10. The van der Waals surface area contributed by atoms with Gasteiger partial charge in [0.25, 0.3) is 5.91 Å². The minimum atomic E-state index is -0.147. The summed E-state index contributed by atoms with van der Waals surface area (Å²) in [6.07, 6.45) is 0. The molecule has 0 radical (unpaired) electrons. The van der Waals surface area contributed by atoms with E-state index in [9.17, 15) is 4.79 Å². The fourth-order valence-corrected chi connectivity index (χ4v) is 1.51. The van der Waals surface area contributed by atoms with Gasteiger partial charge in [-0.2, -0.15) is 0 Å². The van der Waals surface area contributed by atoms with Gasteiger partial charge in [-0.1, -0.05) is 32.4 Å². The van der Waals surface area contributed by atoms with Gasteiger partial charge >= 0.3 is 0 Å². The summed E-state index contributed by atoms with van der Waals surface area (Å²) in [5.74, 6) is 0.831. The second kappa shape index (κ2) is 5.92. The van der Waals surface area contributed by atoms with Gasteiger partial charge in [0.15, 0.2) is 0 Å². The third kappa shape index (κ3) is 3.93. The van der Waals surface area contributed by atoms with Crippen LogP contribution >= 0.6 is 11.6 Å². The summed E-state index contributed by atoms with van der Waals surface area (Å²) >= 11 is 5.78. The van der Waals surface area contributed by atoms with E-state index in [0.29, 0.717) is 34.7 Å². The van der Waals surface area contributed by atoms with E-state index in [2.05, 4.69) is 26.1 Å². The zero-order valence-electron chi connectivity index (χ0n) is 10.5. The van der Waals surface area contributed by atoms with E-state index in [-0.39, 0.29) is 5.91 Å². The highest BCUT2D eigenvalue weighted by Crippen LogP contribution is 2.18. The fourth-order valence-electron chi connectivity index (χ4n) is 1.32. The molecule has 0 aliphatic heterocycles. The van der Waals surface area contributed by atoms with Gasteiger partial charge in [-0.15, -0.1) is 0 Å². The van der Waals surface area contributed by atoms with Crippen molar-refractivity contribution in [3.05, 3.63) is 28.8 Å². The van der Waals surface area contributed by atoms with Crippen molar-refractivity contribution in [3.8, 4) is 0 Å². The second-order valence-electron chi connectivity index (χ2n) is 4.66. The van der Waals surface area contributed by atoms with Crippen molar-refractivity contribution in [3.63, 3.8) is 0 Å². The number of anilines is 1. The molecule has 1 aromatic carbocycles. The van der Waals surface area contributed by atoms with E-state index in [1.54, 1.807) is 18.2 Å². The molecule has 0 fully saturated rings. The Bertz CT molecular complexity index is 404. The molecule has 0 aromatic heterocycles. The molecule has 1 amide bonds. The largest absolute Gasteiger partial charge is 0.398 e. The highest BCUT2D eigenvalue weighted by molar-refractivity contribution is 6.31. The summed E-state index contributed by atoms with van der Waals surface area (Å²) in [4.78, 5) is 11.9. The predicted molar refractivity (Wildman–Crippen MR) is 72.2 cm³/mol. The van der Waals surface area contributed by atoms with Crippen LogP contribution < -0.4 is 11.1 Å². The van der Waals surface area contributed by atoms with Gasteiger partial charge in [0.05, 0.1) is 5.56 Å². The molecule has 0 bridgehead atoms. The lowest BCUT2D eigenvalue weighted by Crippen LogP contribution is -2.30. The quantitative estimate of drug-likeness (QED) is 0.812. The van der Waals surface area contributed by atoms with Crippen molar-refractivity contribution in [2.45, 2.75) is 20.8 Å². The summed E-state index contributed by atoms with van der Waals surface area (Å²) in [7, 11) is 0. The van der Waals surface area contributed by atoms with Gasteiger partial charge in [-0.25, -0.2) is 0 Å². The number of halogens is 1. The van der Waals surface area contributed by atoms with Crippen LogP contribution in [0.2, 0.25) is 5.02 Å². The Kier molecular flexibility index (Phi) is 4.82. The van der Waals surface area contributed by atoms with Crippen LogP contribution in [-0.4, -0.2) is 12.5 Å². The fraction of sp³-hybridized carbons (Fsp3) is 0.462. The zero-order chi connectivity index (χ0) is 13.0. The highest BCUT2D eigenvalue weighted by Gasteiger charge is 2.12. The van der Waals surface area contributed by atoms with Crippen LogP contribution in [-0.2, 0) is 0 Å². The number of nitrogens with two attached hydrogens (primary N) is 1. The third-order valence-electron chi connectivity index (χ3n) is 2.98. The monoisotopic (exact) mass is 254 g/mol. The lowest BCUT2D eigenvalue weighted by Gasteiger charge is -2.16. The van der Waals surface area contributed by atoms with Crippen molar-refractivity contribution in [2.24, 2.45) is 11.8 Å². The molecule has 0 aliphatic carbocycles. The van der Waals surface area contributed by atoms with E-state index in [0.717, 1.165) is 0 Å². The maximum Gasteiger partial charge on any atom is 0.253 e. The Morgan fingerprint density at radius 2 is 2.06 bits per heavy atom. The summed E-state index contributed by atoms with van der Waals surface area (Å²) in [5, 5.41) is 3.41. The minimum absolute atomic E-state index is 0.147. The average Bonchev–Trinajstić information content (AvgIpc) is 2.25. The van der Waals surface area contributed by atoms with Crippen LogP contribution in [0.5, 0.6) is 0 Å². The summed E-state index contributed by atoms with van der Waals surface area (Å²) in [5.41, 5.74) is 6.63. The van der Waals surface area contributed by atoms with Gasteiger partial charge in [0.1, 0.15) is 0 Å². The predicted octanol–water partition coefficient (Wildman–Crippen LogP) is 2.94. The average molecular weight is 255 g/mol. The molecule has 1 aromatic rings. The van der Waals surface area contributed by atoms with Gasteiger partial charge < -0.3 is 11.1 Å². The van der Waals surface area contributed by atoms with Crippen LogP contribution in [0.25, 0.3) is 0 Å². The number of hydrogen-bond acceptors (Lipinski definition) is 2. The molecule has 1 rings (SSSR count). The lowest BCUT2D eigenvalue weighted by molar-refractivity contribution is 0.0946. The molecule has 0 saturated carbocycles. The van der Waals surface area contributed by atoms with E-state index in [1.165, 1.54) is 0 Å². The van der Waals surface area contributed by atoms with Gasteiger partial charge in [0, 0.05) is 17.3 Å². The van der Waals surface area contributed by atoms with E-state index < -0.39 is 0 Å². The smallest absolute Gasteiger partial charge is 0.253 e. The van der Waals surface area contributed by atoms with Crippen molar-refractivity contribution in [1.29, 1.82) is 0 Å². The molecule has 0 heterocycles. The van der Waals surface area contributed by atoms with Crippen molar-refractivity contribution in [1.82, 2.24) is 5.32 Å². The number of nitrogens with one attached hydrogen (secondary N) is 1. The Hall–Kier alpha value is -1.22. The Labute approximate surface area is 107 Å². The van der Waals surface area contributed by atoms with Gasteiger partial charge in [0.2, 0.25) is 0 Å². The summed E-state index contributed by atoms with van der Waals surface area (Å²) in [6.45, 7) is 7.02. The molecule has 3 N–H and O–H groups in total. The maximum absolute atomic E-state index is 11.9. The number of hydrogen-bond donors (Lipinski definition) is 2. The molecule has 0 saturated heterocycles. The molecule has 0 aliphatic rings. The molecule has 94 valence electrons. The lowest BCUT2D eigenvalue weighted by atomic mass is 9.98. The van der Waals surface area contributed by atoms with E-state index in [1.807, 2.05) is 0 Å². The Morgan fingerprint density at radius 1 is 1.41 bits per heavy atom. The molecule has 4 heteroatoms. The minimum Gasteiger partial charge on any atom is -0.398 e. The standard InChI is InChI=1S/C13H19ClN2O/c1-8(2)9(3)7-16-13(17)11-5-4-10(14)6-12(11)15/h4-6,8-9H,7,15H2,1-3H3,(H,16,17). The number of amides is 1. The number of carbonyl (C=O) groups is 1. The van der Waals surface area contributed by atoms with E-state index in [4.69, 9.17) is 17.3 Å². The van der Waals surface area contributed by atoms with Gasteiger partial charge in [-0.3, -0.25) is 4.79 Å². The van der Waals surface area contributed by atoms with Crippen LogP contribution in [0.3, 0.4) is 0 Å². The van der Waals surface area contributed by atoms with Gasteiger partial charge in [-0.05, 0) is 30.0 Å². The summed E-state index contributed by atoms with van der Waals surface area (Å²) < 4.78 is 0. The number of nitrogen functional groups attached to an aromatic ring is 1. The maximum atomic E-state index is 11.9. The first-order valence-electron chi connectivity index (χ1n) is 5.75. The van der Waals surface area contributed by atoms with Crippen LogP contribution in [0.4, 0.5) is 5.69 Å². The number of benzene rings is 1. The zero-order valence-corrected chi connectivity index (χ0v) is 11.2. The SMILES string of the molecule is CC(C)C(C)CNC(=O)c1ccc(Cl)cc1N. The molecule has 1 unspecified atom stereocenters. The molecule has 0 spiro atoms. The third-order valence-corrected chi connectivity index (χ3v) is 3.22. The molecule has 1 atom stereocenters. The Balaban J connectivity index is 2.64. The normalized spacial score (nSPS) is 12.5. The first-order chi connectivity index (χ1) is 7.91. The topological polar surface area (TPSA) is 55.1 Å². The summed E-state index contributed by atoms with van der Waals surface area (Å²) in [6, 6.07) is 4.90. The van der Waals surface area contributed by atoms with Crippen molar-refractivity contribution >= 4 is 23.2 Å². The highest BCUT2D eigenvalue weighted by atomic mass is 35.5. The Morgan fingerprint density at radius 3 is 2.59 bits per heavy atom. The number of rotatable bonds is 4. The molecule has 17 heavy (non-hydrogen) atoms. The van der Waals surface area contributed by atoms with Crippen LogP contribution in [0, 0.1) is 11.8 Å². The van der Waals surface area contributed by atoms with Crippen LogP contribution in [0.1, 0.15) is 31.1 Å². The first-order valence-corrected chi connectivity index (χ1v) is 6.12. The van der Waals surface area contributed by atoms with E-state index >= 15 is 0 Å². The molecule has 3 nitrogen and oxygen atoms in total. The molecular formula is C13H19ClN2O.